The zero-order valence-corrected chi connectivity index (χ0v) is 17.4. The number of benzene rings is 2. The van der Waals surface area contributed by atoms with Gasteiger partial charge in [-0.3, -0.25) is 0 Å². The molecule has 0 spiro atoms. The van der Waals surface area contributed by atoms with Gasteiger partial charge in [0.2, 0.25) is 0 Å². The average Bonchev–Trinajstić information content (AvgIpc) is 3.13. The Hall–Kier alpha value is -2.16. The molecule has 1 aromatic heterocycles. The molecule has 0 aliphatic carbocycles. The number of hydrogen-bond donors (Lipinski definition) is 1. The van der Waals surface area contributed by atoms with E-state index in [4.69, 9.17) is 21.4 Å². The highest BCUT2D eigenvalue weighted by molar-refractivity contribution is 7.98. The van der Waals surface area contributed by atoms with E-state index >= 15 is 0 Å². The van der Waals surface area contributed by atoms with Crippen molar-refractivity contribution in [1.82, 2.24) is 10.2 Å². The monoisotopic (exact) mass is 438 g/mol. The fraction of sp³-hybridized carbons (Fsp3) is 0.211. The summed E-state index contributed by atoms with van der Waals surface area (Å²) >= 11 is 8.83. The van der Waals surface area contributed by atoms with Crippen molar-refractivity contribution in [3.63, 3.8) is 0 Å². The first-order valence-electron chi connectivity index (χ1n) is 8.24. The summed E-state index contributed by atoms with van der Waals surface area (Å²) in [6.07, 6.45) is -0.906. The number of carboxylic acids is 1. The lowest BCUT2D eigenvalue weighted by Crippen LogP contribution is -2.23. The van der Waals surface area contributed by atoms with Gasteiger partial charge in [-0.1, -0.05) is 22.9 Å². The molecule has 0 amide bonds. The molecule has 0 bridgehead atoms. The van der Waals surface area contributed by atoms with E-state index in [0.29, 0.717) is 16.5 Å². The van der Waals surface area contributed by atoms with Crippen molar-refractivity contribution in [3.8, 4) is 16.3 Å². The number of thioether (sulfide) groups is 1. The molecule has 0 aliphatic rings. The Morgan fingerprint density at radius 3 is 2.79 bits per heavy atom. The zero-order valence-electron chi connectivity index (χ0n) is 15.0. The number of aromatic nitrogens is 2. The van der Waals surface area contributed by atoms with Crippen LogP contribution in [0.15, 0.2) is 41.3 Å². The third-order valence-corrected chi connectivity index (χ3v) is 6.24. The van der Waals surface area contributed by atoms with Crippen LogP contribution in [0, 0.1) is 12.7 Å². The van der Waals surface area contributed by atoms with Crippen LogP contribution in [0.2, 0.25) is 5.02 Å². The maximum Gasteiger partial charge on any atom is 0.344 e. The van der Waals surface area contributed by atoms with Crippen molar-refractivity contribution in [3.05, 3.63) is 57.8 Å². The van der Waals surface area contributed by atoms with Gasteiger partial charge < -0.3 is 9.84 Å². The van der Waals surface area contributed by atoms with Crippen molar-refractivity contribution in [2.45, 2.75) is 30.6 Å². The normalized spacial score (nSPS) is 12.0. The van der Waals surface area contributed by atoms with Crippen LogP contribution in [0.1, 0.15) is 17.5 Å². The number of nitrogens with zero attached hydrogens (tertiary/aromatic N) is 2. The molecule has 3 rings (SSSR count). The molecule has 5 nitrogen and oxygen atoms in total. The Labute approximate surface area is 174 Å². The molecule has 0 saturated carbocycles. The summed E-state index contributed by atoms with van der Waals surface area (Å²) in [4.78, 5) is 11.9. The summed E-state index contributed by atoms with van der Waals surface area (Å²) < 4.78 is 18.7. The molecule has 1 heterocycles. The van der Waals surface area contributed by atoms with E-state index in [1.54, 1.807) is 23.9 Å². The minimum atomic E-state index is -1.01. The molecule has 1 N–H and O–H groups in total. The van der Waals surface area contributed by atoms with E-state index in [2.05, 4.69) is 10.2 Å². The van der Waals surface area contributed by atoms with Gasteiger partial charge in [0.25, 0.3) is 0 Å². The Kier molecular flexibility index (Phi) is 6.53. The number of ether oxygens (including phenoxy) is 1. The highest BCUT2D eigenvalue weighted by Gasteiger charge is 2.14. The number of aliphatic carboxylic acids is 1. The largest absolute Gasteiger partial charge is 0.479 e. The van der Waals surface area contributed by atoms with Gasteiger partial charge in [0.1, 0.15) is 21.6 Å². The van der Waals surface area contributed by atoms with Gasteiger partial charge in [-0.05, 0) is 55.8 Å². The maximum absolute atomic E-state index is 13.3. The summed E-state index contributed by atoms with van der Waals surface area (Å²) in [5.41, 5.74) is 1.59. The van der Waals surface area contributed by atoms with Crippen LogP contribution in [0.4, 0.5) is 4.39 Å². The molecule has 1 atom stereocenters. The third-order valence-electron chi connectivity index (χ3n) is 3.79. The van der Waals surface area contributed by atoms with E-state index in [1.165, 1.54) is 30.4 Å². The lowest BCUT2D eigenvalue weighted by Gasteiger charge is -2.13. The fourth-order valence-electron chi connectivity index (χ4n) is 2.29. The number of halogens is 2. The molecule has 0 fully saturated rings. The van der Waals surface area contributed by atoms with E-state index in [-0.39, 0.29) is 5.02 Å². The first kappa shape index (κ1) is 20.6. The van der Waals surface area contributed by atoms with Crippen LogP contribution in [0.25, 0.3) is 10.6 Å². The van der Waals surface area contributed by atoms with Gasteiger partial charge in [-0.2, -0.15) is 0 Å². The first-order valence-corrected chi connectivity index (χ1v) is 10.4. The van der Waals surface area contributed by atoms with Gasteiger partial charge in [-0.25, -0.2) is 9.18 Å². The maximum atomic E-state index is 13.3. The summed E-state index contributed by atoms with van der Waals surface area (Å²) in [6.45, 7) is 3.36. The molecule has 0 aliphatic heterocycles. The van der Waals surface area contributed by atoms with Crippen LogP contribution in [-0.4, -0.2) is 27.4 Å². The van der Waals surface area contributed by atoms with Crippen molar-refractivity contribution in [2.75, 3.05) is 0 Å². The Morgan fingerprint density at radius 1 is 1.32 bits per heavy atom. The van der Waals surface area contributed by atoms with Gasteiger partial charge in [0.05, 0.1) is 10.8 Å². The molecular weight excluding hydrogens is 423 g/mol. The van der Waals surface area contributed by atoms with E-state index in [1.807, 2.05) is 19.1 Å². The van der Waals surface area contributed by atoms with Crippen LogP contribution in [-0.2, 0) is 10.5 Å². The lowest BCUT2D eigenvalue weighted by atomic mass is 10.2. The Bertz CT molecular complexity index is 1010. The van der Waals surface area contributed by atoms with Crippen LogP contribution >= 0.6 is 34.7 Å². The van der Waals surface area contributed by atoms with Crippen molar-refractivity contribution in [1.29, 1.82) is 0 Å². The van der Waals surface area contributed by atoms with Crippen molar-refractivity contribution in [2.24, 2.45) is 0 Å². The SMILES string of the molecule is Cc1cc(SCc2nnc(-c3ccc(F)c(Cl)c3)s2)ccc1OC(C)C(=O)O. The molecule has 1 unspecified atom stereocenters. The molecule has 3 aromatic rings. The number of aryl methyl sites for hydroxylation is 1. The fourth-order valence-corrected chi connectivity index (χ4v) is 4.28. The second kappa shape index (κ2) is 8.89. The van der Waals surface area contributed by atoms with E-state index in [9.17, 15) is 9.18 Å². The number of carbonyl (C=O) groups is 1. The van der Waals surface area contributed by atoms with Crippen LogP contribution in [0.3, 0.4) is 0 Å². The smallest absolute Gasteiger partial charge is 0.344 e. The third kappa shape index (κ3) is 5.01. The predicted octanol–water partition coefficient (Wildman–Crippen LogP) is 5.45. The standard InChI is InChI=1S/C19H16ClFN2O3S2/c1-10-7-13(4-6-16(10)26-11(2)19(24)25)27-9-17-22-23-18(28-17)12-3-5-15(21)14(20)8-12/h3-8,11H,9H2,1-2H3,(H,24,25). The first-order chi connectivity index (χ1) is 13.3. The van der Waals surface area contributed by atoms with E-state index in [0.717, 1.165) is 21.0 Å². The molecule has 146 valence electrons. The zero-order chi connectivity index (χ0) is 20.3. The molecule has 0 radical (unpaired) electrons. The van der Waals surface area contributed by atoms with Crippen LogP contribution in [0.5, 0.6) is 5.75 Å². The molecular formula is C19H16ClFN2O3S2. The van der Waals surface area contributed by atoms with Crippen LogP contribution < -0.4 is 4.74 Å². The lowest BCUT2D eigenvalue weighted by molar-refractivity contribution is -0.144. The molecule has 28 heavy (non-hydrogen) atoms. The van der Waals surface area contributed by atoms with Gasteiger partial charge in [0, 0.05) is 10.5 Å². The molecule has 2 aromatic carbocycles. The van der Waals surface area contributed by atoms with Gasteiger partial charge in [0.15, 0.2) is 6.10 Å². The quantitative estimate of drug-likeness (QED) is 0.494. The number of rotatable bonds is 7. The summed E-state index contributed by atoms with van der Waals surface area (Å²) in [7, 11) is 0. The topological polar surface area (TPSA) is 72.3 Å². The number of hydrogen-bond acceptors (Lipinski definition) is 6. The molecule has 0 saturated heterocycles. The average molecular weight is 439 g/mol. The number of carboxylic acid groups (broad SMARTS) is 1. The second-order valence-corrected chi connectivity index (χ2v) is 8.46. The van der Waals surface area contributed by atoms with Crippen molar-refractivity contribution < 1.29 is 19.0 Å². The predicted molar refractivity (Wildman–Crippen MR) is 109 cm³/mol. The highest BCUT2D eigenvalue weighted by atomic mass is 35.5. The summed E-state index contributed by atoms with van der Waals surface area (Å²) in [6, 6.07) is 10.1. The van der Waals surface area contributed by atoms with E-state index < -0.39 is 17.9 Å². The van der Waals surface area contributed by atoms with Gasteiger partial charge >= 0.3 is 5.97 Å². The summed E-state index contributed by atoms with van der Waals surface area (Å²) in [5.74, 6) is -0.304. The highest BCUT2D eigenvalue weighted by Crippen LogP contribution is 2.32. The Morgan fingerprint density at radius 2 is 2.11 bits per heavy atom. The van der Waals surface area contributed by atoms with Gasteiger partial charge in [-0.15, -0.1) is 22.0 Å². The minimum Gasteiger partial charge on any atom is -0.479 e. The summed E-state index contributed by atoms with van der Waals surface area (Å²) in [5, 5.41) is 18.8. The Balaban J connectivity index is 1.64. The molecule has 9 heteroatoms. The minimum absolute atomic E-state index is 0.0543. The van der Waals surface area contributed by atoms with Crippen molar-refractivity contribution >= 4 is 40.7 Å². The second-order valence-electron chi connectivity index (χ2n) is 5.94.